The first-order valence-electron chi connectivity index (χ1n) is 4.36. The zero-order valence-electron chi connectivity index (χ0n) is 7.67. The molecule has 0 fully saturated rings. The molecule has 14 heavy (non-hydrogen) atoms. The van der Waals surface area contributed by atoms with Crippen LogP contribution in [0.2, 0.25) is 0 Å². The standard InChI is InChI=1S/C10H14O4/c11-5-7-3-1-2-4-8(7)10(14)9(13)6-12/h1-4,9-14H,5-6H2. The van der Waals surface area contributed by atoms with E-state index < -0.39 is 18.8 Å². The van der Waals surface area contributed by atoms with E-state index in [4.69, 9.17) is 10.2 Å². The van der Waals surface area contributed by atoms with Crippen molar-refractivity contribution in [1.82, 2.24) is 0 Å². The minimum Gasteiger partial charge on any atom is -0.394 e. The van der Waals surface area contributed by atoms with Crippen molar-refractivity contribution in [2.24, 2.45) is 0 Å². The zero-order valence-corrected chi connectivity index (χ0v) is 7.67. The molecule has 0 aliphatic heterocycles. The Balaban J connectivity index is 2.93. The lowest BCUT2D eigenvalue weighted by molar-refractivity contribution is -0.0160. The van der Waals surface area contributed by atoms with Gasteiger partial charge in [-0.1, -0.05) is 24.3 Å². The van der Waals surface area contributed by atoms with E-state index >= 15 is 0 Å². The lowest BCUT2D eigenvalue weighted by Gasteiger charge is -2.18. The van der Waals surface area contributed by atoms with Crippen LogP contribution in [-0.2, 0) is 6.61 Å². The molecule has 0 aliphatic carbocycles. The molecule has 2 atom stereocenters. The Labute approximate surface area is 82.1 Å². The average Bonchev–Trinajstić information content (AvgIpc) is 2.26. The van der Waals surface area contributed by atoms with Crippen LogP contribution in [-0.4, -0.2) is 33.1 Å². The summed E-state index contributed by atoms with van der Waals surface area (Å²) in [5.41, 5.74) is 0.990. The third-order valence-corrected chi connectivity index (χ3v) is 2.10. The first-order valence-corrected chi connectivity index (χ1v) is 4.36. The van der Waals surface area contributed by atoms with Crippen LogP contribution in [0.25, 0.3) is 0 Å². The second kappa shape index (κ2) is 5.07. The van der Waals surface area contributed by atoms with Crippen molar-refractivity contribution >= 4 is 0 Å². The molecule has 4 nitrogen and oxygen atoms in total. The summed E-state index contributed by atoms with van der Waals surface area (Å²) in [6.45, 7) is -0.716. The van der Waals surface area contributed by atoms with Crippen molar-refractivity contribution in [2.45, 2.75) is 18.8 Å². The Kier molecular flexibility index (Phi) is 4.03. The molecule has 0 bridgehead atoms. The maximum atomic E-state index is 9.58. The average molecular weight is 198 g/mol. The van der Waals surface area contributed by atoms with Crippen molar-refractivity contribution in [1.29, 1.82) is 0 Å². The third-order valence-electron chi connectivity index (χ3n) is 2.10. The largest absolute Gasteiger partial charge is 0.394 e. The Hall–Kier alpha value is -0.940. The zero-order chi connectivity index (χ0) is 10.6. The Morgan fingerprint density at radius 3 is 2.29 bits per heavy atom. The van der Waals surface area contributed by atoms with Gasteiger partial charge in [0.15, 0.2) is 0 Å². The van der Waals surface area contributed by atoms with E-state index in [1.165, 1.54) is 0 Å². The molecule has 78 valence electrons. The second-order valence-corrected chi connectivity index (χ2v) is 3.05. The van der Waals surface area contributed by atoms with Gasteiger partial charge in [-0.2, -0.15) is 0 Å². The van der Waals surface area contributed by atoms with E-state index in [-0.39, 0.29) is 6.61 Å². The second-order valence-electron chi connectivity index (χ2n) is 3.05. The maximum absolute atomic E-state index is 9.58. The summed E-state index contributed by atoms with van der Waals surface area (Å²) >= 11 is 0. The molecule has 0 spiro atoms. The van der Waals surface area contributed by atoms with Crippen LogP contribution in [0.4, 0.5) is 0 Å². The third kappa shape index (κ3) is 2.30. The fourth-order valence-electron chi connectivity index (χ4n) is 1.27. The lowest BCUT2D eigenvalue weighted by Crippen LogP contribution is -2.23. The summed E-state index contributed by atoms with van der Waals surface area (Å²) in [6, 6.07) is 6.69. The van der Waals surface area contributed by atoms with Gasteiger partial charge in [-0.25, -0.2) is 0 Å². The highest BCUT2D eigenvalue weighted by atomic mass is 16.4. The van der Waals surface area contributed by atoms with E-state index in [2.05, 4.69) is 0 Å². The van der Waals surface area contributed by atoms with Crippen LogP contribution >= 0.6 is 0 Å². The van der Waals surface area contributed by atoms with E-state index in [0.717, 1.165) is 0 Å². The summed E-state index contributed by atoms with van der Waals surface area (Å²) in [7, 11) is 0. The molecule has 0 radical (unpaired) electrons. The fourth-order valence-corrected chi connectivity index (χ4v) is 1.27. The lowest BCUT2D eigenvalue weighted by atomic mass is 9.99. The molecule has 0 amide bonds. The van der Waals surface area contributed by atoms with Gasteiger partial charge in [-0.3, -0.25) is 0 Å². The fraction of sp³-hybridized carbons (Fsp3) is 0.400. The number of hydrogen-bond donors (Lipinski definition) is 4. The molecule has 0 saturated carbocycles. The molecule has 0 aliphatic rings. The summed E-state index contributed by atoms with van der Waals surface area (Å²) in [6.07, 6.45) is -2.38. The van der Waals surface area contributed by atoms with Gasteiger partial charge in [-0.15, -0.1) is 0 Å². The van der Waals surface area contributed by atoms with E-state index in [0.29, 0.717) is 11.1 Å². The highest BCUT2D eigenvalue weighted by Gasteiger charge is 2.19. The topological polar surface area (TPSA) is 80.9 Å². The first kappa shape index (κ1) is 11.1. The van der Waals surface area contributed by atoms with E-state index in [9.17, 15) is 10.2 Å². The number of aliphatic hydroxyl groups is 4. The highest BCUT2D eigenvalue weighted by Crippen LogP contribution is 2.20. The Morgan fingerprint density at radius 2 is 1.71 bits per heavy atom. The van der Waals surface area contributed by atoms with Gasteiger partial charge in [0.2, 0.25) is 0 Å². The Bertz CT molecular complexity index is 287. The van der Waals surface area contributed by atoms with Crippen LogP contribution in [0.1, 0.15) is 17.2 Å². The Morgan fingerprint density at radius 1 is 1.07 bits per heavy atom. The van der Waals surface area contributed by atoms with Gasteiger partial charge in [0.05, 0.1) is 13.2 Å². The van der Waals surface area contributed by atoms with Crippen LogP contribution in [0.15, 0.2) is 24.3 Å². The molecular weight excluding hydrogens is 184 g/mol. The summed E-state index contributed by atoms with van der Waals surface area (Å²) in [5, 5.41) is 36.4. The number of aliphatic hydroxyl groups excluding tert-OH is 4. The normalized spacial score (nSPS) is 15.1. The molecule has 4 heteroatoms. The monoisotopic (exact) mass is 198 g/mol. The van der Waals surface area contributed by atoms with Crippen molar-refractivity contribution < 1.29 is 20.4 Å². The molecule has 0 saturated heterocycles. The van der Waals surface area contributed by atoms with Gasteiger partial charge in [0, 0.05) is 0 Å². The van der Waals surface area contributed by atoms with Gasteiger partial charge in [0.25, 0.3) is 0 Å². The summed E-state index contributed by atoms with van der Waals surface area (Å²) in [5.74, 6) is 0. The van der Waals surface area contributed by atoms with Gasteiger partial charge in [0.1, 0.15) is 12.2 Å². The smallest absolute Gasteiger partial charge is 0.107 e. The molecule has 2 unspecified atom stereocenters. The van der Waals surface area contributed by atoms with Crippen LogP contribution in [0.5, 0.6) is 0 Å². The van der Waals surface area contributed by atoms with Gasteiger partial charge < -0.3 is 20.4 Å². The first-order chi connectivity index (χ1) is 6.70. The molecule has 0 heterocycles. The highest BCUT2D eigenvalue weighted by molar-refractivity contribution is 5.29. The molecular formula is C10H14O4. The van der Waals surface area contributed by atoms with Gasteiger partial charge in [-0.05, 0) is 11.1 Å². The number of rotatable bonds is 4. The molecule has 1 rings (SSSR count). The van der Waals surface area contributed by atoms with Crippen molar-refractivity contribution in [3.8, 4) is 0 Å². The van der Waals surface area contributed by atoms with Crippen molar-refractivity contribution in [3.05, 3.63) is 35.4 Å². The van der Waals surface area contributed by atoms with Crippen LogP contribution in [0.3, 0.4) is 0 Å². The number of hydrogen-bond acceptors (Lipinski definition) is 4. The molecule has 1 aromatic carbocycles. The summed E-state index contributed by atoms with van der Waals surface area (Å²) in [4.78, 5) is 0. The maximum Gasteiger partial charge on any atom is 0.107 e. The van der Waals surface area contributed by atoms with Crippen molar-refractivity contribution in [3.63, 3.8) is 0 Å². The molecule has 4 N–H and O–H groups in total. The number of benzene rings is 1. The predicted molar refractivity (Wildman–Crippen MR) is 50.4 cm³/mol. The SMILES string of the molecule is OCc1ccccc1C(O)C(O)CO. The van der Waals surface area contributed by atoms with Gasteiger partial charge >= 0.3 is 0 Å². The van der Waals surface area contributed by atoms with E-state index in [1.54, 1.807) is 24.3 Å². The summed E-state index contributed by atoms with van der Waals surface area (Å²) < 4.78 is 0. The van der Waals surface area contributed by atoms with Crippen LogP contribution < -0.4 is 0 Å². The molecule has 1 aromatic rings. The van der Waals surface area contributed by atoms with Crippen LogP contribution in [0, 0.1) is 0 Å². The van der Waals surface area contributed by atoms with E-state index in [1.807, 2.05) is 0 Å². The van der Waals surface area contributed by atoms with Crippen molar-refractivity contribution in [2.75, 3.05) is 6.61 Å². The minimum absolute atomic E-state index is 0.203. The predicted octanol–water partition coefficient (Wildman–Crippen LogP) is -0.434. The molecule has 0 aromatic heterocycles. The minimum atomic E-state index is -1.22. The quantitative estimate of drug-likeness (QED) is 0.529.